The minimum Gasteiger partial charge on any atom is -0.495 e. The van der Waals surface area contributed by atoms with Crippen molar-refractivity contribution in [2.45, 2.75) is 25.8 Å². The molecule has 0 spiro atoms. The zero-order valence-electron chi connectivity index (χ0n) is 8.66. The topological polar surface area (TPSA) is 60.2 Å². The summed E-state index contributed by atoms with van der Waals surface area (Å²) in [6, 6.07) is 3.81. The lowest BCUT2D eigenvalue weighted by Crippen LogP contribution is -2.28. The molecule has 1 unspecified atom stereocenters. The van der Waals surface area contributed by atoms with Crippen molar-refractivity contribution in [3.63, 3.8) is 0 Å². The number of aromatic nitrogens is 1. The van der Waals surface area contributed by atoms with Crippen LogP contribution in [0.15, 0.2) is 18.3 Å². The molecule has 1 atom stereocenters. The Bertz CT molecular complexity index is 278. The highest BCUT2D eigenvalue weighted by Crippen LogP contribution is 2.24. The Labute approximate surface area is 84.4 Å². The number of nitrogens with two attached hydrogens (primary N) is 1. The molecule has 4 nitrogen and oxygen atoms in total. The smallest absolute Gasteiger partial charge is 0.142 e. The van der Waals surface area contributed by atoms with Gasteiger partial charge in [-0.05, 0) is 18.6 Å². The number of hydrogen-bond donors (Lipinski definition) is 2. The molecule has 0 amide bonds. The van der Waals surface area contributed by atoms with Gasteiger partial charge in [-0.3, -0.25) is 16.3 Å². The lowest BCUT2D eigenvalue weighted by atomic mass is 10.1. The van der Waals surface area contributed by atoms with Crippen LogP contribution in [0.3, 0.4) is 0 Å². The Kier molecular flexibility index (Phi) is 4.35. The van der Waals surface area contributed by atoms with E-state index in [0.717, 1.165) is 24.3 Å². The number of nitrogens with zero attached hydrogens (tertiary/aromatic N) is 1. The fraction of sp³-hybridized carbons (Fsp3) is 0.500. The van der Waals surface area contributed by atoms with E-state index in [1.807, 2.05) is 12.1 Å². The molecule has 14 heavy (non-hydrogen) atoms. The number of ether oxygens (including phenoxy) is 1. The summed E-state index contributed by atoms with van der Waals surface area (Å²) in [7, 11) is 1.64. The minimum absolute atomic E-state index is 0.0659. The van der Waals surface area contributed by atoms with Crippen molar-refractivity contribution in [3.05, 3.63) is 24.0 Å². The minimum atomic E-state index is 0.0659. The van der Waals surface area contributed by atoms with E-state index >= 15 is 0 Å². The highest BCUT2D eigenvalue weighted by Gasteiger charge is 2.14. The lowest BCUT2D eigenvalue weighted by molar-refractivity contribution is 0.389. The van der Waals surface area contributed by atoms with Crippen molar-refractivity contribution in [2.24, 2.45) is 5.84 Å². The van der Waals surface area contributed by atoms with Gasteiger partial charge in [0.15, 0.2) is 0 Å². The molecular formula is C10H17N3O. The molecule has 0 radical (unpaired) electrons. The van der Waals surface area contributed by atoms with Crippen LogP contribution in [0.25, 0.3) is 0 Å². The SMILES string of the molecule is CCCC(NN)c1ncccc1OC. The second-order valence-corrected chi connectivity index (χ2v) is 3.10. The summed E-state index contributed by atoms with van der Waals surface area (Å²) in [5, 5.41) is 0. The summed E-state index contributed by atoms with van der Waals surface area (Å²) < 4.78 is 5.22. The van der Waals surface area contributed by atoms with Crippen LogP contribution in [0.1, 0.15) is 31.5 Å². The second-order valence-electron chi connectivity index (χ2n) is 3.10. The highest BCUT2D eigenvalue weighted by molar-refractivity contribution is 5.29. The van der Waals surface area contributed by atoms with Gasteiger partial charge in [0.1, 0.15) is 11.4 Å². The molecule has 1 rings (SSSR count). The van der Waals surface area contributed by atoms with Crippen molar-refractivity contribution in [3.8, 4) is 5.75 Å². The van der Waals surface area contributed by atoms with Crippen LogP contribution < -0.4 is 16.0 Å². The third-order valence-corrected chi connectivity index (χ3v) is 2.13. The number of hydrogen-bond acceptors (Lipinski definition) is 4. The van der Waals surface area contributed by atoms with Gasteiger partial charge in [0, 0.05) is 6.20 Å². The van der Waals surface area contributed by atoms with Gasteiger partial charge < -0.3 is 4.74 Å². The summed E-state index contributed by atoms with van der Waals surface area (Å²) in [4.78, 5) is 4.27. The summed E-state index contributed by atoms with van der Waals surface area (Å²) in [6.07, 6.45) is 3.75. The van der Waals surface area contributed by atoms with E-state index < -0.39 is 0 Å². The molecule has 0 saturated heterocycles. The molecule has 0 fully saturated rings. The Morgan fingerprint density at radius 3 is 3.00 bits per heavy atom. The molecule has 4 heteroatoms. The predicted octanol–water partition coefficient (Wildman–Crippen LogP) is 1.39. The van der Waals surface area contributed by atoms with Crippen LogP contribution in [0.5, 0.6) is 5.75 Å². The first-order valence-electron chi connectivity index (χ1n) is 4.78. The molecular weight excluding hydrogens is 178 g/mol. The van der Waals surface area contributed by atoms with Crippen molar-refractivity contribution < 1.29 is 4.74 Å². The standard InChI is InChI=1S/C10H17N3O/c1-3-5-8(13-11)10-9(14-2)6-4-7-12-10/h4,6-8,13H,3,5,11H2,1-2H3. The Balaban J connectivity index is 2.90. The van der Waals surface area contributed by atoms with E-state index in [4.69, 9.17) is 10.6 Å². The van der Waals surface area contributed by atoms with Gasteiger partial charge in [0.05, 0.1) is 13.2 Å². The fourth-order valence-electron chi connectivity index (χ4n) is 1.42. The first kappa shape index (κ1) is 10.9. The molecule has 0 bridgehead atoms. The number of rotatable bonds is 5. The quantitative estimate of drug-likeness (QED) is 0.550. The molecule has 0 aromatic carbocycles. The van der Waals surface area contributed by atoms with Gasteiger partial charge in [-0.2, -0.15) is 0 Å². The largest absolute Gasteiger partial charge is 0.495 e. The second kappa shape index (κ2) is 5.57. The molecule has 1 aromatic rings. The van der Waals surface area contributed by atoms with Crippen molar-refractivity contribution in [1.29, 1.82) is 0 Å². The monoisotopic (exact) mass is 195 g/mol. The van der Waals surface area contributed by atoms with Crippen LogP contribution in [-0.4, -0.2) is 12.1 Å². The number of hydrazine groups is 1. The maximum atomic E-state index is 5.47. The molecule has 3 N–H and O–H groups in total. The third-order valence-electron chi connectivity index (χ3n) is 2.13. The summed E-state index contributed by atoms with van der Waals surface area (Å²) >= 11 is 0. The van der Waals surface area contributed by atoms with E-state index in [1.54, 1.807) is 13.3 Å². The van der Waals surface area contributed by atoms with Crippen molar-refractivity contribution in [1.82, 2.24) is 10.4 Å². The molecule has 1 aromatic heterocycles. The van der Waals surface area contributed by atoms with Crippen LogP contribution in [0.4, 0.5) is 0 Å². The van der Waals surface area contributed by atoms with Gasteiger partial charge in [-0.1, -0.05) is 13.3 Å². The lowest BCUT2D eigenvalue weighted by Gasteiger charge is -2.16. The number of methoxy groups -OCH3 is 1. The Morgan fingerprint density at radius 2 is 2.43 bits per heavy atom. The molecule has 1 heterocycles. The molecule has 78 valence electrons. The Morgan fingerprint density at radius 1 is 1.64 bits per heavy atom. The van der Waals surface area contributed by atoms with Crippen LogP contribution in [0, 0.1) is 0 Å². The Hall–Kier alpha value is -1.13. The maximum absolute atomic E-state index is 5.47. The van der Waals surface area contributed by atoms with Crippen LogP contribution >= 0.6 is 0 Å². The molecule has 0 aliphatic heterocycles. The van der Waals surface area contributed by atoms with Gasteiger partial charge in [0.25, 0.3) is 0 Å². The first-order valence-corrected chi connectivity index (χ1v) is 4.78. The molecule has 0 aliphatic rings. The van der Waals surface area contributed by atoms with E-state index in [0.29, 0.717) is 0 Å². The first-order chi connectivity index (χ1) is 6.83. The fourth-order valence-corrected chi connectivity index (χ4v) is 1.42. The zero-order valence-corrected chi connectivity index (χ0v) is 8.66. The van der Waals surface area contributed by atoms with Gasteiger partial charge in [-0.25, -0.2) is 0 Å². The maximum Gasteiger partial charge on any atom is 0.142 e. The van der Waals surface area contributed by atoms with Gasteiger partial charge in [-0.15, -0.1) is 0 Å². The third kappa shape index (κ3) is 2.43. The van der Waals surface area contributed by atoms with Crippen molar-refractivity contribution in [2.75, 3.05) is 7.11 Å². The summed E-state index contributed by atoms with van der Waals surface area (Å²) in [6.45, 7) is 2.11. The van der Waals surface area contributed by atoms with Gasteiger partial charge >= 0.3 is 0 Å². The van der Waals surface area contributed by atoms with Crippen LogP contribution in [0.2, 0.25) is 0 Å². The average molecular weight is 195 g/mol. The van der Waals surface area contributed by atoms with Crippen molar-refractivity contribution >= 4 is 0 Å². The average Bonchev–Trinajstić information content (AvgIpc) is 2.26. The summed E-state index contributed by atoms with van der Waals surface area (Å²) in [5.74, 6) is 6.25. The van der Waals surface area contributed by atoms with E-state index in [9.17, 15) is 0 Å². The van der Waals surface area contributed by atoms with Crippen LogP contribution in [-0.2, 0) is 0 Å². The normalized spacial score (nSPS) is 12.5. The summed E-state index contributed by atoms with van der Waals surface area (Å²) in [5.41, 5.74) is 3.63. The van der Waals surface area contributed by atoms with E-state index in [1.165, 1.54) is 0 Å². The molecule has 0 saturated carbocycles. The zero-order chi connectivity index (χ0) is 10.4. The predicted molar refractivity (Wildman–Crippen MR) is 55.8 cm³/mol. The van der Waals surface area contributed by atoms with E-state index in [2.05, 4.69) is 17.3 Å². The number of nitrogens with one attached hydrogen (secondary N) is 1. The van der Waals surface area contributed by atoms with E-state index in [-0.39, 0.29) is 6.04 Å². The number of pyridine rings is 1. The molecule has 0 aliphatic carbocycles. The van der Waals surface area contributed by atoms with Gasteiger partial charge in [0.2, 0.25) is 0 Å². The highest BCUT2D eigenvalue weighted by atomic mass is 16.5.